The predicted octanol–water partition coefficient (Wildman–Crippen LogP) is 4.36. The number of hydrogen-bond acceptors (Lipinski definition) is 9. The number of hydrogen-bond donors (Lipinski definition) is 0. The molecule has 38 heavy (non-hydrogen) atoms. The van der Waals surface area contributed by atoms with Gasteiger partial charge in [0.05, 0.1) is 43.1 Å². The molecule has 3 aromatic rings. The van der Waals surface area contributed by atoms with Gasteiger partial charge in [0.25, 0.3) is 5.91 Å². The van der Waals surface area contributed by atoms with Crippen LogP contribution >= 0.6 is 11.3 Å². The summed E-state index contributed by atoms with van der Waals surface area (Å²) in [5, 5.41) is 0. The van der Waals surface area contributed by atoms with E-state index >= 15 is 0 Å². The van der Waals surface area contributed by atoms with Crippen LogP contribution in [0.5, 0.6) is 28.7 Å². The number of aromatic nitrogens is 1. The van der Waals surface area contributed by atoms with E-state index in [1.54, 1.807) is 19.1 Å². The molecule has 0 saturated heterocycles. The zero-order valence-electron chi connectivity index (χ0n) is 22.0. The summed E-state index contributed by atoms with van der Waals surface area (Å²) in [6.45, 7) is 10.0. The summed E-state index contributed by atoms with van der Waals surface area (Å²) >= 11 is 1.33. The van der Waals surface area contributed by atoms with Crippen LogP contribution in [0.15, 0.2) is 29.3 Å². The highest BCUT2D eigenvalue weighted by molar-refractivity contribution is 7.16. The second-order valence-corrected chi connectivity index (χ2v) is 9.08. The van der Waals surface area contributed by atoms with Crippen molar-refractivity contribution in [3.63, 3.8) is 0 Å². The van der Waals surface area contributed by atoms with Crippen molar-refractivity contribution in [1.29, 1.82) is 0 Å². The third-order valence-electron chi connectivity index (χ3n) is 5.54. The fourth-order valence-corrected chi connectivity index (χ4v) is 5.07. The maximum atomic E-state index is 13.5. The average molecular weight is 545 g/mol. The number of thiazole rings is 1. The van der Waals surface area contributed by atoms with Crippen molar-refractivity contribution in [1.82, 2.24) is 4.57 Å². The van der Waals surface area contributed by atoms with Crippen molar-refractivity contribution in [2.45, 2.75) is 40.7 Å². The van der Waals surface area contributed by atoms with Crippen molar-refractivity contribution in [2.24, 2.45) is 4.99 Å². The van der Waals surface area contributed by atoms with Gasteiger partial charge in [0.15, 0.2) is 27.8 Å². The number of aryl methyl sites for hydroxylation is 1. The van der Waals surface area contributed by atoms with Gasteiger partial charge in [-0.3, -0.25) is 9.59 Å². The quantitative estimate of drug-likeness (QED) is 0.328. The zero-order chi connectivity index (χ0) is 27.1. The van der Waals surface area contributed by atoms with Crippen LogP contribution in [0.2, 0.25) is 0 Å². The van der Waals surface area contributed by atoms with E-state index in [1.807, 2.05) is 37.5 Å². The van der Waals surface area contributed by atoms with Crippen LogP contribution in [-0.2, 0) is 16.1 Å². The second-order valence-electron chi connectivity index (χ2n) is 8.07. The number of esters is 1. The third kappa shape index (κ3) is 6.04. The Morgan fingerprint density at radius 1 is 0.895 bits per heavy atom. The molecule has 10 nitrogen and oxygen atoms in total. The van der Waals surface area contributed by atoms with Crippen LogP contribution in [-0.4, -0.2) is 56.1 Å². The van der Waals surface area contributed by atoms with E-state index in [4.69, 9.17) is 28.4 Å². The van der Waals surface area contributed by atoms with Gasteiger partial charge in [-0.05, 0) is 39.8 Å². The molecule has 2 aromatic carbocycles. The first-order chi connectivity index (χ1) is 18.5. The molecule has 0 fully saturated rings. The molecule has 1 aliphatic rings. The Bertz CT molecular complexity index is 1350. The average Bonchev–Trinajstić information content (AvgIpc) is 3.23. The fourth-order valence-electron chi connectivity index (χ4n) is 4.01. The Balaban J connectivity index is 1.80. The molecule has 0 N–H and O–H groups in total. The number of carbonyl (C=O) groups is 2. The van der Waals surface area contributed by atoms with Gasteiger partial charge in [0.1, 0.15) is 13.2 Å². The molecule has 0 saturated carbocycles. The third-order valence-corrected chi connectivity index (χ3v) is 6.59. The van der Waals surface area contributed by atoms with Crippen LogP contribution in [0.25, 0.3) is 10.2 Å². The van der Waals surface area contributed by atoms with Gasteiger partial charge in [-0.15, -0.1) is 0 Å². The molecular formula is C27H32N2O8S. The van der Waals surface area contributed by atoms with Crippen molar-refractivity contribution in [3.05, 3.63) is 34.6 Å². The van der Waals surface area contributed by atoms with Crippen LogP contribution in [0.4, 0.5) is 0 Å². The molecule has 0 spiro atoms. The second kappa shape index (κ2) is 12.7. The molecule has 0 atom stereocenters. The SMILES string of the molecule is CCOC(=O)CCn1c(=NC(=O)c2cc(OCC)c(OCC)c(OCC)c2)sc2cc3c(cc21)OCCO3. The first-order valence-corrected chi connectivity index (χ1v) is 13.5. The molecular weight excluding hydrogens is 512 g/mol. The van der Waals surface area contributed by atoms with Gasteiger partial charge in [0.2, 0.25) is 5.75 Å². The van der Waals surface area contributed by atoms with Crippen LogP contribution < -0.4 is 28.5 Å². The molecule has 11 heteroatoms. The summed E-state index contributed by atoms with van der Waals surface area (Å²) in [5.74, 6) is 1.70. The summed E-state index contributed by atoms with van der Waals surface area (Å²) in [5.41, 5.74) is 1.08. The highest BCUT2D eigenvalue weighted by Crippen LogP contribution is 2.39. The predicted molar refractivity (Wildman–Crippen MR) is 142 cm³/mol. The van der Waals surface area contributed by atoms with Crippen molar-refractivity contribution < 1.29 is 38.0 Å². The lowest BCUT2D eigenvalue weighted by atomic mass is 10.1. The largest absolute Gasteiger partial charge is 0.490 e. The summed E-state index contributed by atoms with van der Waals surface area (Å²) < 4.78 is 36.5. The van der Waals surface area contributed by atoms with E-state index in [0.29, 0.717) is 78.8 Å². The topological polar surface area (TPSA) is 107 Å². The Hall–Kier alpha value is -3.73. The molecule has 1 aromatic heterocycles. The summed E-state index contributed by atoms with van der Waals surface area (Å²) in [6.07, 6.45) is 0.127. The standard InChI is InChI=1S/C27H32N2O8S/c1-5-32-21-13-17(14-22(33-6-2)25(21)35-8-4)26(31)28-27-29(10-9-24(30)34-7-3)18-15-19-20(16-23(18)38-27)37-12-11-36-19/h13-16H,5-12H2,1-4H3. The van der Waals surface area contributed by atoms with E-state index in [-0.39, 0.29) is 18.9 Å². The van der Waals surface area contributed by atoms with E-state index in [9.17, 15) is 9.59 Å². The number of ether oxygens (including phenoxy) is 6. The number of rotatable bonds is 11. The Morgan fingerprint density at radius 3 is 2.13 bits per heavy atom. The van der Waals surface area contributed by atoms with Gasteiger partial charge < -0.3 is 33.0 Å². The Kier molecular flexibility index (Phi) is 9.11. The molecule has 204 valence electrons. The summed E-state index contributed by atoms with van der Waals surface area (Å²) in [6, 6.07) is 6.95. The molecule has 1 amide bonds. The van der Waals surface area contributed by atoms with Crippen LogP contribution in [0, 0.1) is 0 Å². The van der Waals surface area contributed by atoms with Gasteiger partial charge in [0, 0.05) is 24.2 Å². The lowest BCUT2D eigenvalue weighted by Crippen LogP contribution is -2.20. The number of benzene rings is 2. The van der Waals surface area contributed by atoms with E-state index in [0.717, 1.165) is 10.2 Å². The highest BCUT2D eigenvalue weighted by atomic mass is 32.1. The van der Waals surface area contributed by atoms with Crippen LogP contribution in [0.1, 0.15) is 44.5 Å². The minimum atomic E-state index is -0.483. The summed E-state index contributed by atoms with van der Waals surface area (Å²) in [4.78, 5) is 30.5. The van der Waals surface area contributed by atoms with Gasteiger partial charge in [-0.2, -0.15) is 4.99 Å². The maximum Gasteiger partial charge on any atom is 0.307 e. The minimum absolute atomic E-state index is 0.127. The molecule has 4 rings (SSSR count). The van der Waals surface area contributed by atoms with Gasteiger partial charge >= 0.3 is 5.97 Å². The lowest BCUT2D eigenvalue weighted by Gasteiger charge is -2.18. The highest BCUT2D eigenvalue weighted by Gasteiger charge is 2.20. The fraction of sp³-hybridized carbons (Fsp3) is 0.444. The summed E-state index contributed by atoms with van der Waals surface area (Å²) in [7, 11) is 0. The molecule has 0 unspecified atom stereocenters. The molecule has 2 heterocycles. The van der Waals surface area contributed by atoms with Crippen molar-refractivity contribution in [3.8, 4) is 28.7 Å². The number of fused-ring (bicyclic) bond motifs is 2. The minimum Gasteiger partial charge on any atom is -0.490 e. The first kappa shape index (κ1) is 27.3. The Morgan fingerprint density at radius 2 is 1.53 bits per heavy atom. The number of nitrogens with zero attached hydrogens (tertiary/aromatic N) is 2. The smallest absolute Gasteiger partial charge is 0.307 e. The van der Waals surface area contributed by atoms with Gasteiger partial charge in [-0.1, -0.05) is 11.3 Å². The Labute approximate surface area is 224 Å². The normalized spacial score (nSPS) is 12.9. The molecule has 0 aliphatic carbocycles. The van der Waals surface area contributed by atoms with Crippen LogP contribution in [0.3, 0.4) is 0 Å². The van der Waals surface area contributed by atoms with Crippen molar-refractivity contribution in [2.75, 3.05) is 39.6 Å². The van der Waals surface area contributed by atoms with Gasteiger partial charge in [-0.25, -0.2) is 0 Å². The van der Waals surface area contributed by atoms with E-state index in [1.165, 1.54) is 11.3 Å². The number of amides is 1. The molecule has 1 aliphatic heterocycles. The first-order valence-electron chi connectivity index (χ1n) is 12.7. The van der Waals surface area contributed by atoms with E-state index in [2.05, 4.69) is 4.99 Å². The van der Waals surface area contributed by atoms with Crippen molar-refractivity contribution >= 4 is 33.4 Å². The molecule has 0 radical (unpaired) electrons. The monoisotopic (exact) mass is 544 g/mol. The number of carbonyl (C=O) groups excluding carboxylic acids is 2. The maximum absolute atomic E-state index is 13.5. The zero-order valence-corrected chi connectivity index (χ0v) is 22.9. The van der Waals surface area contributed by atoms with E-state index < -0.39 is 5.91 Å². The lowest BCUT2D eigenvalue weighted by molar-refractivity contribution is -0.143. The molecule has 0 bridgehead atoms.